The number of carbonyl (C=O) groups excluding carboxylic acids is 1. The molecule has 8 nitrogen and oxygen atoms in total. The average Bonchev–Trinajstić information content (AvgIpc) is 3.10. The van der Waals surface area contributed by atoms with Crippen LogP contribution in [0.25, 0.3) is 11.2 Å². The van der Waals surface area contributed by atoms with Crippen molar-refractivity contribution in [3.05, 3.63) is 42.5 Å². The minimum atomic E-state index is -0.0281. The predicted octanol–water partition coefficient (Wildman–Crippen LogP) is 1.46. The number of hydrogen-bond donors (Lipinski definition) is 1. The van der Waals surface area contributed by atoms with Gasteiger partial charge in [0.15, 0.2) is 11.5 Å². The molecule has 3 aromatic rings. The fourth-order valence-electron chi connectivity index (χ4n) is 2.62. The van der Waals surface area contributed by atoms with Gasteiger partial charge in [-0.3, -0.25) is 4.79 Å². The maximum Gasteiger partial charge on any atom is 0.242 e. The SMILES string of the molecule is COc1ccccc1CN(C)C(=O)CN(C)c1ncnc2nc[nH]c12. The second-order valence-corrected chi connectivity index (χ2v) is 5.72. The van der Waals surface area contributed by atoms with Crippen LogP contribution in [0.2, 0.25) is 0 Å². The van der Waals surface area contributed by atoms with Gasteiger partial charge in [0.05, 0.1) is 20.0 Å². The van der Waals surface area contributed by atoms with Gasteiger partial charge < -0.3 is 19.5 Å². The molecule has 0 bridgehead atoms. The van der Waals surface area contributed by atoms with Crippen LogP contribution < -0.4 is 9.64 Å². The molecule has 2 heterocycles. The third kappa shape index (κ3) is 3.52. The summed E-state index contributed by atoms with van der Waals surface area (Å²) in [7, 11) is 5.21. The number of H-pyrrole nitrogens is 1. The molecule has 0 spiro atoms. The zero-order valence-corrected chi connectivity index (χ0v) is 14.4. The summed E-state index contributed by atoms with van der Waals surface area (Å²) in [5, 5.41) is 0. The maximum absolute atomic E-state index is 12.6. The molecule has 0 aliphatic heterocycles. The number of aromatic nitrogens is 4. The number of para-hydroxylation sites is 1. The van der Waals surface area contributed by atoms with Crippen molar-refractivity contribution in [3.8, 4) is 5.75 Å². The number of anilines is 1. The lowest BCUT2D eigenvalue weighted by Gasteiger charge is -2.23. The number of ether oxygens (including phenoxy) is 1. The Morgan fingerprint density at radius 1 is 1.20 bits per heavy atom. The van der Waals surface area contributed by atoms with Crippen molar-refractivity contribution >= 4 is 22.9 Å². The number of nitrogens with zero attached hydrogens (tertiary/aromatic N) is 5. The molecule has 8 heteroatoms. The summed E-state index contributed by atoms with van der Waals surface area (Å²) in [5.74, 6) is 1.38. The molecule has 0 fully saturated rings. The highest BCUT2D eigenvalue weighted by atomic mass is 16.5. The lowest BCUT2D eigenvalue weighted by atomic mass is 10.2. The number of aromatic amines is 1. The first-order valence-corrected chi connectivity index (χ1v) is 7.81. The number of likely N-dealkylation sites (N-methyl/N-ethyl adjacent to an activating group) is 2. The zero-order valence-electron chi connectivity index (χ0n) is 14.4. The van der Waals surface area contributed by atoms with Crippen molar-refractivity contribution < 1.29 is 9.53 Å². The molecular weight excluding hydrogens is 320 g/mol. The van der Waals surface area contributed by atoms with Gasteiger partial charge in [0.1, 0.15) is 17.6 Å². The number of hydrogen-bond acceptors (Lipinski definition) is 6. The molecule has 2 aromatic heterocycles. The monoisotopic (exact) mass is 340 g/mol. The van der Waals surface area contributed by atoms with Crippen LogP contribution in [0.1, 0.15) is 5.56 Å². The lowest BCUT2D eigenvalue weighted by molar-refractivity contribution is -0.128. The van der Waals surface area contributed by atoms with Crippen molar-refractivity contribution in [2.45, 2.75) is 6.54 Å². The fourth-order valence-corrected chi connectivity index (χ4v) is 2.62. The topological polar surface area (TPSA) is 87.2 Å². The molecule has 3 rings (SSSR count). The summed E-state index contributed by atoms with van der Waals surface area (Å²) < 4.78 is 5.34. The molecule has 0 radical (unpaired) electrons. The van der Waals surface area contributed by atoms with Gasteiger partial charge in [-0.15, -0.1) is 0 Å². The van der Waals surface area contributed by atoms with E-state index in [1.54, 1.807) is 30.3 Å². The molecular formula is C17H20N6O2. The van der Waals surface area contributed by atoms with Crippen LogP contribution in [0, 0.1) is 0 Å². The second kappa shape index (κ2) is 7.16. The van der Waals surface area contributed by atoms with Crippen LogP contribution in [-0.2, 0) is 11.3 Å². The quantitative estimate of drug-likeness (QED) is 0.731. The highest BCUT2D eigenvalue weighted by molar-refractivity contribution is 5.86. The second-order valence-electron chi connectivity index (χ2n) is 5.72. The van der Waals surface area contributed by atoms with Gasteiger partial charge >= 0.3 is 0 Å². The maximum atomic E-state index is 12.6. The number of rotatable bonds is 6. The molecule has 130 valence electrons. The fraction of sp³-hybridized carbons (Fsp3) is 0.294. The Morgan fingerprint density at radius 2 is 2.00 bits per heavy atom. The molecule has 1 amide bonds. The van der Waals surface area contributed by atoms with E-state index >= 15 is 0 Å². The smallest absolute Gasteiger partial charge is 0.242 e. The van der Waals surface area contributed by atoms with Gasteiger partial charge in [-0.05, 0) is 6.07 Å². The molecule has 25 heavy (non-hydrogen) atoms. The van der Waals surface area contributed by atoms with E-state index in [4.69, 9.17) is 4.74 Å². The largest absolute Gasteiger partial charge is 0.496 e. The van der Waals surface area contributed by atoms with E-state index < -0.39 is 0 Å². The molecule has 0 saturated carbocycles. The van der Waals surface area contributed by atoms with Crippen molar-refractivity contribution in [2.75, 3.05) is 32.6 Å². The molecule has 0 aliphatic carbocycles. The number of nitrogens with one attached hydrogen (secondary N) is 1. The Morgan fingerprint density at radius 3 is 2.80 bits per heavy atom. The van der Waals surface area contributed by atoms with E-state index in [1.165, 1.54) is 6.33 Å². The van der Waals surface area contributed by atoms with E-state index in [0.29, 0.717) is 23.5 Å². The Kier molecular flexibility index (Phi) is 4.78. The Balaban J connectivity index is 1.70. The zero-order chi connectivity index (χ0) is 17.8. The Labute approximate surface area is 145 Å². The van der Waals surface area contributed by atoms with E-state index in [0.717, 1.165) is 11.3 Å². The number of benzene rings is 1. The van der Waals surface area contributed by atoms with Gasteiger partial charge in [-0.1, -0.05) is 18.2 Å². The minimum absolute atomic E-state index is 0.0281. The average molecular weight is 340 g/mol. The summed E-state index contributed by atoms with van der Waals surface area (Å²) >= 11 is 0. The summed E-state index contributed by atoms with van der Waals surface area (Å²) in [6.45, 7) is 0.663. The molecule has 1 aromatic carbocycles. The molecule has 0 aliphatic rings. The predicted molar refractivity (Wildman–Crippen MR) is 94.4 cm³/mol. The van der Waals surface area contributed by atoms with E-state index in [9.17, 15) is 4.79 Å². The van der Waals surface area contributed by atoms with E-state index in [2.05, 4.69) is 19.9 Å². The summed E-state index contributed by atoms with van der Waals surface area (Å²) in [4.78, 5) is 31.5. The van der Waals surface area contributed by atoms with Crippen molar-refractivity contribution in [1.82, 2.24) is 24.8 Å². The molecule has 1 N–H and O–H groups in total. The standard InChI is InChI=1S/C17H20N6O2/c1-22(8-12-6-4-5-7-13(12)25-3)14(24)9-23(2)17-15-16(19-10-18-15)20-11-21-17/h4-7,10-11H,8-9H2,1-3H3,(H,18,19,20,21). The normalized spacial score (nSPS) is 10.7. The number of imidazole rings is 1. The van der Waals surface area contributed by atoms with E-state index in [-0.39, 0.29) is 12.5 Å². The number of amides is 1. The van der Waals surface area contributed by atoms with Gasteiger partial charge in [0.2, 0.25) is 5.91 Å². The van der Waals surface area contributed by atoms with Crippen molar-refractivity contribution in [1.29, 1.82) is 0 Å². The van der Waals surface area contributed by atoms with Gasteiger partial charge in [0, 0.05) is 26.2 Å². The summed E-state index contributed by atoms with van der Waals surface area (Å²) in [6, 6.07) is 7.67. The first-order valence-electron chi connectivity index (χ1n) is 7.81. The third-order valence-corrected chi connectivity index (χ3v) is 3.96. The molecule has 0 unspecified atom stereocenters. The van der Waals surface area contributed by atoms with Crippen molar-refractivity contribution in [3.63, 3.8) is 0 Å². The highest BCUT2D eigenvalue weighted by Crippen LogP contribution is 2.20. The minimum Gasteiger partial charge on any atom is -0.496 e. The third-order valence-electron chi connectivity index (χ3n) is 3.96. The number of methoxy groups -OCH3 is 1. The first kappa shape index (κ1) is 16.7. The van der Waals surface area contributed by atoms with Crippen LogP contribution in [-0.4, -0.2) is 58.5 Å². The van der Waals surface area contributed by atoms with Gasteiger partial charge in [-0.2, -0.15) is 0 Å². The van der Waals surface area contributed by atoms with Gasteiger partial charge in [-0.25, -0.2) is 15.0 Å². The lowest BCUT2D eigenvalue weighted by Crippen LogP contribution is -2.36. The van der Waals surface area contributed by atoms with Crippen LogP contribution in [0.3, 0.4) is 0 Å². The Bertz CT molecular complexity index is 878. The summed E-state index contributed by atoms with van der Waals surface area (Å²) in [5.41, 5.74) is 2.25. The van der Waals surface area contributed by atoms with E-state index in [1.807, 2.05) is 31.3 Å². The molecule has 0 atom stereocenters. The van der Waals surface area contributed by atoms with Crippen molar-refractivity contribution in [2.24, 2.45) is 0 Å². The van der Waals surface area contributed by atoms with Crippen LogP contribution >= 0.6 is 0 Å². The Hall–Kier alpha value is -3.16. The first-order chi connectivity index (χ1) is 12.1. The van der Waals surface area contributed by atoms with Crippen LogP contribution in [0.4, 0.5) is 5.82 Å². The van der Waals surface area contributed by atoms with Crippen LogP contribution in [0.15, 0.2) is 36.9 Å². The number of carbonyl (C=O) groups is 1. The molecule has 0 saturated heterocycles. The van der Waals surface area contributed by atoms with Gasteiger partial charge in [0.25, 0.3) is 0 Å². The summed E-state index contributed by atoms with van der Waals surface area (Å²) in [6.07, 6.45) is 3.00. The highest BCUT2D eigenvalue weighted by Gasteiger charge is 2.17. The van der Waals surface area contributed by atoms with Crippen LogP contribution in [0.5, 0.6) is 5.75 Å². The number of fused-ring (bicyclic) bond motifs is 1.